The lowest BCUT2D eigenvalue weighted by Crippen LogP contribution is -2.46. The molecule has 0 saturated carbocycles. The van der Waals surface area contributed by atoms with E-state index in [1.807, 2.05) is 16.8 Å². The monoisotopic (exact) mass is 272 g/mol. The van der Waals surface area contributed by atoms with Gasteiger partial charge >= 0.3 is 12.0 Å². The van der Waals surface area contributed by atoms with Gasteiger partial charge in [0.05, 0.1) is 0 Å². The highest BCUT2D eigenvalue weighted by atomic mass is 32.1. The maximum atomic E-state index is 11.4. The second-order valence-corrected chi connectivity index (χ2v) is 4.46. The fraction of sp³-hybridized carbons (Fsp3) is 0.455. The van der Waals surface area contributed by atoms with Crippen LogP contribution in [0.4, 0.5) is 4.79 Å². The Kier molecular flexibility index (Phi) is 6.16. The molecule has 0 aliphatic carbocycles. The molecule has 1 atom stereocenters. The van der Waals surface area contributed by atoms with Gasteiger partial charge in [-0.25, -0.2) is 9.59 Å². The van der Waals surface area contributed by atoms with Crippen LogP contribution in [0.1, 0.15) is 12.0 Å². The number of aliphatic carboxylic acids is 1. The summed E-state index contributed by atoms with van der Waals surface area (Å²) in [6.45, 7) is 0.153. The van der Waals surface area contributed by atoms with Gasteiger partial charge in [-0.15, -0.1) is 0 Å². The van der Waals surface area contributed by atoms with Crippen LogP contribution in [0, 0.1) is 0 Å². The van der Waals surface area contributed by atoms with Crippen molar-refractivity contribution in [3.05, 3.63) is 22.4 Å². The molecule has 1 unspecified atom stereocenters. The number of carboxylic acid groups (broad SMARTS) is 1. The molecule has 0 fully saturated rings. The number of amides is 2. The summed E-state index contributed by atoms with van der Waals surface area (Å²) in [5.41, 5.74) is 1.13. The van der Waals surface area contributed by atoms with Crippen LogP contribution in [0.15, 0.2) is 16.8 Å². The Morgan fingerprint density at radius 2 is 2.22 bits per heavy atom. The molecule has 0 saturated heterocycles. The molecule has 0 aliphatic rings. The van der Waals surface area contributed by atoms with Crippen LogP contribution < -0.4 is 10.6 Å². The Balaban J connectivity index is 2.25. The molecule has 1 aromatic rings. The summed E-state index contributed by atoms with van der Waals surface area (Å²) in [5, 5.41) is 26.3. The molecular formula is C11H16N2O4S. The predicted molar refractivity (Wildman–Crippen MR) is 67.7 cm³/mol. The molecule has 1 rings (SSSR count). The first-order valence-corrected chi connectivity index (χ1v) is 6.47. The van der Waals surface area contributed by atoms with E-state index in [2.05, 4.69) is 10.6 Å². The number of aliphatic hydroxyl groups excluding tert-OH is 1. The molecule has 0 aromatic carbocycles. The molecule has 100 valence electrons. The molecule has 1 heterocycles. The standard InChI is InChI=1S/C11H16N2O4S/c14-5-2-9(10(15)16)13-11(17)12-4-1-8-3-6-18-7-8/h3,6-7,9,14H,1-2,4-5H2,(H,15,16)(H2,12,13,17). The lowest BCUT2D eigenvalue weighted by Gasteiger charge is -2.13. The minimum atomic E-state index is -1.16. The number of urea groups is 1. The molecular weight excluding hydrogens is 256 g/mol. The zero-order valence-corrected chi connectivity index (χ0v) is 10.6. The minimum Gasteiger partial charge on any atom is -0.480 e. The quantitative estimate of drug-likeness (QED) is 0.578. The minimum absolute atomic E-state index is 0.00666. The van der Waals surface area contributed by atoms with Gasteiger partial charge in [-0.05, 0) is 28.8 Å². The molecule has 0 spiro atoms. The van der Waals surface area contributed by atoms with Gasteiger partial charge in [-0.1, -0.05) is 0 Å². The third kappa shape index (κ3) is 5.15. The largest absolute Gasteiger partial charge is 0.480 e. The van der Waals surface area contributed by atoms with Crippen LogP contribution in [0.5, 0.6) is 0 Å². The average Bonchev–Trinajstić information content (AvgIpc) is 2.81. The van der Waals surface area contributed by atoms with Crippen molar-refractivity contribution >= 4 is 23.3 Å². The molecule has 0 aliphatic heterocycles. The topological polar surface area (TPSA) is 98.7 Å². The summed E-state index contributed by atoms with van der Waals surface area (Å²) in [7, 11) is 0. The third-order valence-electron chi connectivity index (χ3n) is 2.30. The highest BCUT2D eigenvalue weighted by Gasteiger charge is 2.18. The van der Waals surface area contributed by atoms with E-state index in [1.54, 1.807) is 11.3 Å². The predicted octanol–water partition coefficient (Wildman–Crippen LogP) is 0.425. The Hall–Kier alpha value is -1.60. The van der Waals surface area contributed by atoms with Crippen LogP contribution in [-0.2, 0) is 11.2 Å². The number of carbonyl (C=O) groups excluding carboxylic acids is 1. The number of hydrogen-bond donors (Lipinski definition) is 4. The number of nitrogens with one attached hydrogen (secondary N) is 2. The molecule has 1 aromatic heterocycles. The molecule has 6 nitrogen and oxygen atoms in total. The Bertz CT molecular complexity index is 380. The van der Waals surface area contributed by atoms with Gasteiger partial charge in [0.1, 0.15) is 6.04 Å². The first-order valence-electron chi connectivity index (χ1n) is 5.52. The molecule has 0 radical (unpaired) electrons. The number of hydrogen-bond acceptors (Lipinski definition) is 4. The summed E-state index contributed by atoms with van der Waals surface area (Å²) in [6, 6.07) is 0.373. The first-order chi connectivity index (χ1) is 8.63. The van der Waals surface area contributed by atoms with Gasteiger partial charge in [0, 0.05) is 19.6 Å². The smallest absolute Gasteiger partial charge is 0.326 e. The Labute approximate surface area is 109 Å². The zero-order valence-electron chi connectivity index (χ0n) is 9.76. The van der Waals surface area contributed by atoms with E-state index >= 15 is 0 Å². The SMILES string of the molecule is O=C(NCCc1ccsc1)NC(CCO)C(=O)O. The summed E-state index contributed by atoms with van der Waals surface area (Å²) >= 11 is 1.59. The van der Waals surface area contributed by atoms with E-state index < -0.39 is 18.0 Å². The van der Waals surface area contributed by atoms with Crippen molar-refractivity contribution in [3.63, 3.8) is 0 Å². The highest BCUT2D eigenvalue weighted by molar-refractivity contribution is 7.07. The number of carbonyl (C=O) groups is 2. The Morgan fingerprint density at radius 1 is 1.44 bits per heavy atom. The summed E-state index contributed by atoms with van der Waals surface area (Å²) < 4.78 is 0. The van der Waals surface area contributed by atoms with Crippen molar-refractivity contribution in [1.29, 1.82) is 0 Å². The van der Waals surface area contributed by atoms with Gasteiger partial charge in [-0.2, -0.15) is 11.3 Å². The maximum absolute atomic E-state index is 11.4. The highest BCUT2D eigenvalue weighted by Crippen LogP contribution is 2.05. The van der Waals surface area contributed by atoms with Gasteiger partial charge in [0.25, 0.3) is 0 Å². The van der Waals surface area contributed by atoms with E-state index in [9.17, 15) is 9.59 Å². The number of rotatable bonds is 7. The van der Waals surface area contributed by atoms with Crippen LogP contribution in [0.2, 0.25) is 0 Å². The van der Waals surface area contributed by atoms with Crippen molar-refractivity contribution in [3.8, 4) is 0 Å². The van der Waals surface area contributed by atoms with E-state index in [4.69, 9.17) is 10.2 Å². The van der Waals surface area contributed by atoms with Crippen LogP contribution in [0.25, 0.3) is 0 Å². The normalized spacial score (nSPS) is 11.8. The molecule has 0 bridgehead atoms. The van der Waals surface area contributed by atoms with Gasteiger partial charge < -0.3 is 20.8 Å². The van der Waals surface area contributed by atoms with Gasteiger partial charge in [0.15, 0.2) is 0 Å². The average molecular weight is 272 g/mol. The van der Waals surface area contributed by atoms with Crippen molar-refractivity contribution in [2.75, 3.05) is 13.2 Å². The van der Waals surface area contributed by atoms with Crippen molar-refractivity contribution in [2.24, 2.45) is 0 Å². The van der Waals surface area contributed by atoms with E-state index in [-0.39, 0.29) is 13.0 Å². The summed E-state index contributed by atoms with van der Waals surface area (Å²) in [6.07, 6.45) is 0.696. The molecule has 7 heteroatoms. The molecule has 4 N–H and O–H groups in total. The number of carboxylic acids is 1. The number of aliphatic hydroxyl groups is 1. The fourth-order valence-corrected chi connectivity index (χ4v) is 2.05. The van der Waals surface area contributed by atoms with E-state index in [0.717, 1.165) is 5.56 Å². The fourth-order valence-electron chi connectivity index (χ4n) is 1.35. The van der Waals surface area contributed by atoms with Gasteiger partial charge in [-0.3, -0.25) is 0 Å². The van der Waals surface area contributed by atoms with Gasteiger partial charge in [0.2, 0.25) is 0 Å². The lowest BCUT2D eigenvalue weighted by molar-refractivity contribution is -0.139. The van der Waals surface area contributed by atoms with Crippen molar-refractivity contribution in [2.45, 2.75) is 18.9 Å². The molecule has 2 amide bonds. The lowest BCUT2D eigenvalue weighted by atomic mass is 10.2. The molecule has 18 heavy (non-hydrogen) atoms. The number of thiophene rings is 1. The van der Waals surface area contributed by atoms with E-state index in [0.29, 0.717) is 13.0 Å². The van der Waals surface area contributed by atoms with Crippen LogP contribution in [0.3, 0.4) is 0 Å². The first kappa shape index (κ1) is 14.5. The second-order valence-electron chi connectivity index (χ2n) is 3.68. The Morgan fingerprint density at radius 3 is 2.78 bits per heavy atom. The summed E-state index contributed by atoms with van der Waals surface area (Å²) in [5.74, 6) is -1.16. The van der Waals surface area contributed by atoms with Crippen molar-refractivity contribution in [1.82, 2.24) is 10.6 Å². The summed E-state index contributed by atoms with van der Waals surface area (Å²) in [4.78, 5) is 22.1. The van der Waals surface area contributed by atoms with Crippen LogP contribution >= 0.6 is 11.3 Å². The maximum Gasteiger partial charge on any atom is 0.326 e. The second kappa shape index (κ2) is 7.67. The third-order valence-corrected chi connectivity index (χ3v) is 3.03. The van der Waals surface area contributed by atoms with Crippen LogP contribution in [-0.4, -0.2) is 41.4 Å². The van der Waals surface area contributed by atoms with E-state index in [1.165, 1.54) is 0 Å². The van der Waals surface area contributed by atoms with Crippen molar-refractivity contribution < 1.29 is 19.8 Å². The zero-order chi connectivity index (χ0) is 13.4.